The van der Waals surface area contributed by atoms with E-state index in [4.69, 9.17) is 16.0 Å². The second-order valence-corrected chi connectivity index (χ2v) is 10.1. The van der Waals surface area contributed by atoms with Crippen molar-refractivity contribution in [2.24, 2.45) is 5.41 Å². The van der Waals surface area contributed by atoms with Crippen LogP contribution < -0.4 is 16.1 Å². The van der Waals surface area contributed by atoms with Gasteiger partial charge in [0.25, 0.3) is 0 Å². The summed E-state index contributed by atoms with van der Waals surface area (Å²) in [5.74, 6) is 0.0353. The van der Waals surface area contributed by atoms with Gasteiger partial charge in [-0.05, 0) is 67.1 Å². The molecule has 6 heteroatoms. The van der Waals surface area contributed by atoms with Gasteiger partial charge in [-0.25, -0.2) is 0 Å². The third kappa shape index (κ3) is 3.41. The maximum absolute atomic E-state index is 13.5. The molecule has 2 aromatic carbocycles. The minimum Gasteiger partial charge on any atom is -0.464 e. The lowest BCUT2D eigenvalue weighted by Crippen LogP contribution is -2.33. The van der Waals surface area contributed by atoms with Crippen LogP contribution in [0.5, 0.6) is 0 Å². The zero-order valence-electron chi connectivity index (χ0n) is 18.6. The zero-order chi connectivity index (χ0) is 22.8. The number of fused-ring (bicyclic) bond motifs is 2. The number of anilines is 2. The highest BCUT2D eigenvalue weighted by molar-refractivity contribution is 6.31. The largest absolute Gasteiger partial charge is 0.464 e. The molecule has 1 atom stereocenters. The Hall–Kier alpha value is -3.05. The standard InChI is InChI=1S/C26H25ClN2O3/c1-13-7-18-19(8-14(13)2)29-24(23-20(28-18)10-26(3,4)11-21(23)30)17-12-32-22-6-5-15(27)9-16(22)25(17)31/h5-9,12,24,28-29H,10-11H2,1-4H3/t24-/m0/s1. The lowest BCUT2D eigenvalue weighted by Gasteiger charge is -2.33. The fourth-order valence-electron chi connectivity index (χ4n) is 4.76. The quantitative estimate of drug-likeness (QED) is 0.458. The topological polar surface area (TPSA) is 71.3 Å². The van der Waals surface area contributed by atoms with Gasteiger partial charge in [-0.1, -0.05) is 25.4 Å². The van der Waals surface area contributed by atoms with Crippen LogP contribution in [0.25, 0.3) is 11.0 Å². The predicted molar refractivity (Wildman–Crippen MR) is 128 cm³/mol. The summed E-state index contributed by atoms with van der Waals surface area (Å²) in [6, 6.07) is 8.51. The lowest BCUT2D eigenvalue weighted by atomic mass is 9.73. The fourth-order valence-corrected chi connectivity index (χ4v) is 4.93. The SMILES string of the molecule is Cc1cc2c(cc1C)N[C@@H](c1coc3ccc(Cl)cc3c1=O)C1=C(CC(C)(C)CC1=O)N2. The van der Waals surface area contributed by atoms with Crippen LogP contribution in [0.4, 0.5) is 11.4 Å². The number of carbonyl (C=O) groups excluding carboxylic acids is 1. The van der Waals surface area contributed by atoms with Gasteiger partial charge in [-0.15, -0.1) is 0 Å². The average molecular weight is 449 g/mol. The van der Waals surface area contributed by atoms with Gasteiger partial charge in [-0.2, -0.15) is 0 Å². The second kappa shape index (κ2) is 7.24. The summed E-state index contributed by atoms with van der Waals surface area (Å²) in [7, 11) is 0. The molecule has 0 spiro atoms. The van der Waals surface area contributed by atoms with E-state index in [0.717, 1.165) is 28.2 Å². The van der Waals surface area contributed by atoms with E-state index in [1.807, 2.05) is 6.92 Å². The average Bonchev–Trinajstić information content (AvgIpc) is 2.84. The molecule has 32 heavy (non-hydrogen) atoms. The van der Waals surface area contributed by atoms with Crippen LogP contribution in [0.15, 0.2) is 57.1 Å². The van der Waals surface area contributed by atoms with E-state index in [1.165, 1.54) is 6.26 Å². The van der Waals surface area contributed by atoms with Crippen molar-refractivity contribution in [2.75, 3.05) is 10.6 Å². The van der Waals surface area contributed by atoms with E-state index in [1.54, 1.807) is 18.2 Å². The predicted octanol–water partition coefficient (Wildman–Crippen LogP) is 6.29. The summed E-state index contributed by atoms with van der Waals surface area (Å²) >= 11 is 6.15. The van der Waals surface area contributed by atoms with Crippen LogP contribution in [0.3, 0.4) is 0 Å². The first-order valence-electron chi connectivity index (χ1n) is 10.7. The van der Waals surface area contributed by atoms with Crippen molar-refractivity contribution in [2.45, 2.75) is 46.6 Å². The van der Waals surface area contributed by atoms with E-state index in [2.05, 4.69) is 43.5 Å². The molecule has 0 saturated carbocycles. The zero-order valence-corrected chi connectivity index (χ0v) is 19.3. The van der Waals surface area contributed by atoms with Gasteiger partial charge in [0.15, 0.2) is 11.2 Å². The molecular formula is C26H25ClN2O3. The number of aryl methyl sites for hydroxylation is 2. The van der Waals surface area contributed by atoms with Crippen molar-refractivity contribution < 1.29 is 9.21 Å². The number of carbonyl (C=O) groups is 1. The van der Waals surface area contributed by atoms with Crippen LogP contribution in [-0.4, -0.2) is 5.78 Å². The van der Waals surface area contributed by atoms with Gasteiger partial charge in [0, 0.05) is 22.7 Å². The van der Waals surface area contributed by atoms with Crippen LogP contribution in [0, 0.1) is 19.3 Å². The molecule has 2 N–H and O–H groups in total. The molecule has 5 rings (SSSR count). The molecule has 1 aliphatic carbocycles. The number of benzene rings is 2. The number of halogens is 1. The molecule has 0 amide bonds. The summed E-state index contributed by atoms with van der Waals surface area (Å²) in [6.07, 6.45) is 2.61. The number of allylic oxidation sites excluding steroid dienone is 1. The molecule has 3 aromatic rings. The third-order valence-electron chi connectivity index (χ3n) is 6.50. The third-order valence-corrected chi connectivity index (χ3v) is 6.74. The number of nitrogens with one attached hydrogen (secondary N) is 2. The van der Waals surface area contributed by atoms with Gasteiger partial charge >= 0.3 is 0 Å². The maximum Gasteiger partial charge on any atom is 0.198 e. The van der Waals surface area contributed by atoms with Gasteiger partial charge in [0.05, 0.1) is 28.4 Å². The van der Waals surface area contributed by atoms with Gasteiger partial charge in [-0.3, -0.25) is 9.59 Å². The molecule has 1 aromatic heterocycles. The molecule has 0 unspecified atom stereocenters. The summed E-state index contributed by atoms with van der Waals surface area (Å²) < 4.78 is 5.81. The van der Waals surface area contributed by atoms with Crippen LogP contribution in [-0.2, 0) is 4.79 Å². The molecule has 0 radical (unpaired) electrons. The van der Waals surface area contributed by atoms with E-state index >= 15 is 0 Å². The molecule has 2 heterocycles. The van der Waals surface area contributed by atoms with Crippen LogP contribution >= 0.6 is 11.6 Å². The van der Waals surface area contributed by atoms with Crippen molar-refractivity contribution in [3.63, 3.8) is 0 Å². The molecule has 0 saturated heterocycles. The molecule has 164 valence electrons. The van der Waals surface area contributed by atoms with E-state index in [9.17, 15) is 9.59 Å². The summed E-state index contributed by atoms with van der Waals surface area (Å²) in [4.78, 5) is 26.9. The monoisotopic (exact) mass is 448 g/mol. The summed E-state index contributed by atoms with van der Waals surface area (Å²) in [5, 5.41) is 7.88. The summed E-state index contributed by atoms with van der Waals surface area (Å²) in [6.45, 7) is 8.30. The highest BCUT2D eigenvalue weighted by Gasteiger charge is 2.39. The Bertz CT molecular complexity index is 1380. The highest BCUT2D eigenvalue weighted by Crippen LogP contribution is 2.45. The summed E-state index contributed by atoms with van der Waals surface area (Å²) in [5.41, 5.74) is 5.99. The molecule has 2 aliphatic rings. The van der Waals surface area contributed by atoms with Crippen molar-refractivity contribution in [1.29, 1.82) is 0 Å². The Labute approximate surface area is 191 Å². The molecule has 0 fully saturated rings. The smallest absolute Gasteiger partial charge is 0.198 e. The molecule has 0 bridgehead atoms. The van der Waals surface area contributed by atoms with E-state index in [-0.39, 0.29) is 16.6 Å². The molecule has 5 nitrogen and oxygen atoms in total. The number of Topliss-reactive ketones (excluding diaryl/α,β-unsaturated/α-hetero) is 1. The van der Waals surface area contributed by atoms with Gasteiger partial charge < -0.3 is 15.1 Å². The Morgan fingerprint density at radius 2 is 1.75 bits per heavy atom. The number of hydrogen-bond acceptors (Lipinski definition) is 5. The van der Waals surface area contributed by atoms with Crippen LogP contribution in [0.2, 0.25) is 5.02 Å². The van der Waals surface area contributed by atoms with Gasteiger partial charge in [0.1, 0.15) is 11.8 Å². The Kier molecular flexibility index (Phi) is 4.71. The maximum atomic E-state index is 13.5. The number of hydrogen-bond donors (Lipinski definition) is 2. The first kappa shape index (κ1) is 20.8. The highest BCUT2D eigenvalue weighted by atomic mass is 35.5. The van der Waals surface area contributed by atoms with E-state index < -0.39 is 6.04 Å². The molecular weight excluding hydrogens is 424 g/mol. The first-order valence-corrected chi connectivity index (χ1v) is 11.1. The lowest BCUT2D eigenvalue weighted by molar-refractivity contribution is -0.118. The number of ketones is 1. The normalized spacial score (nSPS) is 19.7. The van der Waals surface area contributed by atoms with Crippen LogP contribution in [0.1, 0.15) is 49.4 Å². The Balaban J connectivity index is 1.76. The van der Waals surface area contributed by atoms with Crippen molar-refractivity contribution in [1.82, 2.24) is 0 Å². The van der Waals surface area contributed by atoms with Crippen molar-refractivity contribution in [3.05, 3.63) is 79.8 Å². The minimum atomic E-state index is -0.621. The first-order chi connectivity index (χ1) is 15.1. The Morgan fingerprint density at radius 3 is 2.50 bits per heavy atom. The van der Waals surface area contributed by atoms with E-state index in [0.29, 0.717) is 40.0 Å². The Morgan fingerprint density at radius 1 is 1.03 bits per heavy atom. The minimum absolute atomic E-state index is 0.0353. The van der Waals surface area contributed by atoms with Gasteiger partial charge in [0.2, 0.25) is 0 Å². The number of rotatable bonds is 1. The fraction of sp³-hybridized carbons (Fsp3) is 0.308. The van der Waals surface area contributed by atoms with Crippen molar-refractivity contribution >= 4 is 39.7 Å². The van der Waals surface area contributed by atoms with Crippen molar-refractivity contribution in [3.8, 4) is 0 Å². The second-order valence-electron chi connectivity index (χ2n) is 9.68. The molecule has 1 aliphatic heterocycles.